The normalized spacial score (nSPS) is 34.4. The molecule has 0 aromatic heterocycles. The van der Waals surface area contributed by atoms with Crippen LogP contribution in [0.3, 0.4) is 0 Å². The van der Waals surface area contributed by atoms with Gasteiger partial charge in [0.1, 0.15) is 0 Å². The van der Waals surface area contributed by atoms with Crippen LogP contribution in [0.25, 0.3) is 0 Å². The van der Waals surface area contributed by atoms with Crippen molar-refractivity contribution in [1.29, 1.82) is 0 Å². The molecule has 2 fully saturated rings. The predicted molar refractivity (Wildman–Crippen MR) is 56.8 cm³/mol. The van der Waals surface area contributed by atoms with Gasteiger partial charge in [-0.15, -0.1) is 0 Å². The van der Waals surface area contributed by atoms with Gasteiger partial charge in [-0.25, -0.2) is 0 Å². The van der Waals surface area contributed by atoms with E-state index in [0.717, 1.165) is 18.0 Å². The number of hydrogen-bond donors (Lipinski definition) is 0. The van der Waals surface area contributed by atoms with Crippen LogP contribution >= 0.6 is 0 Å². The lowest BCUT2D eigenvalue weighted by atomic mass is 10.2. The van der Waals surface area contributed by atoms with Crippen molar-refractivity contribution >= 4 is 0 Å². The summed E-state index contributed by atoms with van der Waals surface area (Å²) < 4.78 is 0. The molecule has 0 aromatic rings. The van der Waals surface area contributed by atoms with Crippen molar-refractivity contribution in [3.63, 3.8) is 0 Å². The number of nitrogens with zero attached hydrogens (tertiary/aromatic N) is 1. The zero-order chi connectivity index (χ0) is 9.26. The summed E-state index contributed by atoms with van der Waals surface area (Å²) in [6, 6.07) is 1.92. The van der Waals surface area contributed by atoms with E-state index in [0.29, 0.717) is 0 Å². The highest BCUT2D eigenvalue weighted by Crippen LogP contribution is 2.41. The first-order chi connectivity index (χ1) is 6.36. The fourth-order valence-corrected chi connectivity index (χ4v) is 3.08. The molecule has 0 saturated heterocycles. The van der Waals surface area contributed by atoms with Crippen molar-refractivity contribution in [3.05, 3.63) is 0 Å². The Morgan fingerprint density at radius 1 is 1.15 bits per heavy atom. The van der Waals surface area contributed by atoms with Gasteiger partial charge in [-0.2, -0.15) is 0 Å². The molecule has 0 N–H and O–H groups in total. The molecule has 0 aromatic carbocycles. The smallest absolute Gasteiger partial charge is 0.0130 e. The summed E-state index contributed by atoms with van der Waals surface area (Å²) in [4.78, 5) is 2.79. The lowest BCUT2D eigenvalue weighted by Gasteiger charge is -2.27. The second-order valence-electron chi connectivity index (χ2n) is 4.74. The van der Waals surface area contributed by atoms with Crippen LogP contribution < -0.4 is 0 Å². The Bertz CT molecular complexity index is 161. The van der Waals surface area contributed by atoms with E-state index in [1.54, 1.807) is 0 Å². The standard InChI is InChI=1S/C12H23N/c1-3-10-9-12(10)13(4-2)11-7-5-6-8-11/h10-12H,3-9H2,1-2H3. The molecule has 2 aliphatic carbocycles. The van der Waals surface area contributed by atoms with Gasteiger partial charge >= 0.3 is 0 Å². The maximum atomic E-state index is 2.79. The van der Waals surface area contributed by atoms with Gasteiger partial charge < -0.3 is 0 Å². The van der Waals surface area contributed by atoms with Crippen LogP contribution in [0.2, 0.25) is 0 Å². The molecule has 0 spiro atoms. The van der Waals surface area contributed by atoms with Crippen molar-refractivity contribution in [1.82, 2.24) is 4.90 Å². The minimum Gasteiger partial charge on any atom is -0.297 e. The molecular weight excluding hydrogens is 158 g/mol. The van der Waals surface area contributed by atoms with Crippen molar-refractivity contribution in [2.75, 3.05) is 6.54 Å². The fourth-order valence-electron chi connectivity index (χ4n) is 3.08. The maximum Gasteiger partial charge on any atom is 0.0130 e. The topological polar surface area (TPSA) is 3.24 Å². The molecule has 76 valence electrons. The predicted octanol–water partition coefficient (Wildman–Crippen LogP) is 3.05. The number of hydrogen-bond acceptors (Lipinski definition) is 1. The van der Waals surface area contributed by atoms with Gasteiger partial charge in [0, 0.05) is 12.1 Å². The lowest BCUT2D eigenvalue weighted by Crippen LogP contribution is -2.35. The van der Waals surface area contributed by atoms with Gasteiger partial charge in [0.15, 0.2) is 0 Å². The van der Waals surface area contributed by atoms with E-state index < -0.39 is 0 Å². The van der Waals surface area contributed by atoms with Gasteiger partial charge in [-0.05, 0) is 31.7 Å². The molecule has 2 unspecified atom stereocenters. The summed E-state index contributed by atoms with van der Waals surface area (Å²) >= 11 is 0. The molecule has 2 rings (SSSR count). The Labute approximate surface area is 82.5 Å². The Morgan fingerprint density at radius 3 is 2.31 bits per heavy atom. The number of rotatable bonds is 4. The minimum absolute atomic E-state index is 0.951. The summed E-state index contributed by atoms with van der Waals surface area (Å²) in [6.07, 6.45) is 8.78. The van der Waals surface area contributed by atoms with Crippen LogP contribution in [0.5, 0.6) is 0 Å². The molecule has 2 atom stereocenters. The summed E-state index contributed by atoms with van der Waals surface area (Å²) in [6.45, 7) is 5.96. The molecule has 2 saturated carbocycles. The van der Waals surface area contributed by atoms with Gasteiger partial charge in [0.05, 0.1) is 0 Å². The zero-order valence-corrected chi connectivity index (χ0v) is 9.13. The highest BCUT2D eigenvalue weighted by atomic mass is 15.2. The summed E-state index contributed by atoms with van der Waals surface area (Å²) in [5.74, 6) is 1.04. The van der Waals surface area contributed by atoms with E-state index in [-0.39, 0.29) is 0 Å². The highest BCUT2D eigenvalue weighted by Gasteiger charge is 2.42. The minimum atomic E-state index is 0.951. The first-order valence-electron chi connectivity index (χ1n) is 6.12. The third kappa shape index (κ3) is 1.90. The Balaban J connectivity index is 1.86. The fraction of sp³-hybridized carbons (Fsp3) is 1.00. The third-order valence-electron chi connectivity index (χ3n) is 3.99. The van der Waals surface area contributed by atoms with Gasteiger partial charge in [0.2, 0.25) is 0 Å². The average Bonchev–Trinajstić information content (AvgIpc) is 2.71. The Morgan fingerprint density at radius 2 is 1.85 bits per heavy atom. The van der Waals surface area contributed by atoms with Crippen molar-refractivity contribution < 1.29 is 0 Å². The van der Waals surface area contributed by atoms with E-state index in [2.05, 4.69) is 18.7 Å². The second kappa shape index (κ2) is 4.00. The average molecular weight is 181 g/mol. The van der Waals surface area contributed by atoms with Crippen LogP contribution in [0, 0.1) is 5.92 Å². The van der Waals surface area contributed by atoms with E-state index in [1.807, 2.05) is 0 Å². The van der Waals surface area contributed by atoms with Gasteiger partial charge in [-0.3, -0.25) is 4.90 Å². The van der Waals surface area contributed by atoms with E-state index in [4.69, 9.17) is 0 Å². The Kier molecular flexibility index (Phi) is 2.92. The molecule has 0 radical (unpaired) electrons. The molecule has 0 bridgehead atoms. The molecule has 0 heterocycles. The molecular formula is C12H23N. The van der Waals surface area contributed by atoms with Crippen LogP contribution in [0.4, 0.5) is 0 Å². The van der Waals surface area contributed by atoms with E-state index in [1.165, 1.54) is 45.1 Å². The zero-order valence-electron chi connectivity index (χ0n) is 9.13. The van der Waals surface area contributed by atoms with Crippen LogP contribution in [0.15, 0.2) is 0 Å². The summed E-state index contributed by atoms with van der Waals surface area (Å²) in [7, 11) is 0. The SMILES string of the molecule is CCC1CC1N(CC)C1CCCC1. The molecule has 13 heavy (non-hydrogen) atoms. The summed E-state index contributed by atoms with van der Waals surface area (Å²) in [5, 5.41) is 0. The Hall–Kier alpha value is -0.0400. The van der Waals surface area contributed by atoms with Gasteiger partial charge in [0.25, 0.3) is 0 Å². The van der Waals surface area contributed by atoms with Crippen molar-refractivity contribution in [2.45, 2.75) is 64.5 Å². The van der Waals surface area contributed by atoms with Crippen molar-refractivity contribution in [3.8, 4) is 0 Å². The second-order valence-corrected chi connectivity index (χ2v) is 4.74. The first-order valence-corrected chi connectivity index (χ1v) is 6.12. The van der Waals surface area contributed by atoms with Gasteiger partial charge in [-0.1, -0.05) is 33.1 Å². The highest BCUT2D eigenvalue weighted by molar-refractivity contribution is 4.96. The molecule has 2 aliphatic rings. The summed E-state index contributed by atoms with van der Waals surface area (Å²) in [5.41, 5.74) is 0. The van der Waals surface area contributed by atoms with Crippen LogP contribution in [-0.2, 0) is 0 Å². The van der Waals surface area contributed by atoms with Crippen molar-refractivity contribution in [2.24, 2.45) is 5.92 Å². The quantitative estimate of drug-likeness (QED) is 0.644. The maximum absolute atomic E-state index is 2.79. The molecule has 1 nitrogen and oxygen atoms in total. The molecule has 0 amide bonds. The van der Waals surface area contributed by atoms with Crippen LogP contribution in [0.1, 0.15) is 52.4 Å². The first kappa shape index (κ1) is 9.51. The monoisotopic (exact) mass is 181 g/mol. The van der Waals surface area contributed by atoms with E-state index in [9.17, 15) is 0 Å². The molecule has 0 aliphatic heterocycles. The van der Waals surface area contributed by atoms with E-state index >= 15 is 0 Å². The lowest BCUT2D eigenvalue weighted by molar-refractivity contribution is 0.189. The van der Waals surface area contributed by atoms with Crippen LogP contribution in [-0.4, -0.2) is 23.5 Å². The molecule has 1 heteroatoms. The largest absolute Gasteiger partial charge is 0.297 e. The third-order valence-corrected chi connectivity index (χ3v) is 3.99.